The molecule has 0 bridgehead atoms. The number of carbonyl (C=O) groups is 1. The molecule has 1 N–H and O–H groups in total. The van der Waals surface area contributed by atoms with Crippen molar-refractivity contribution < 1.29 is 4.79 Å². The molecule has 174 valence electrons. The SMILES string of the molecule is CN(C(=O)c1ccc(-n2cc(-c3ccc(CC#N)cc3)c(=O)[nH]2)nc1)C1CCCCN1C1CC1. The van der Waals surface area contributed by atoms with Crippen molar-refractivity contribution >= 4 is 5.91 Å². The number of likely N-dealkylation sites (tertiary alicyclic amines) is 1. The summed E-state index contributed by atoms with van der Waals surface area (Å²) in [5, 5.41) is 11.6. The zero-order chi connectivity index (χ0) is 23.7. The van der Waals surface area contributed by atoms with Crippen molar-refractivity contribution in [3.8, 4) is 23.0 Å². The van der Waals surface area contributed by atoms with Gasteiger partial charge in [-0.05, 0) is 55.4 Å². The third-order valence-electron chi connectivity index (χ3n) is 6.81. The topological polar surface area (TPSA) is 98.0 Å². The second-order valence-electron chi connectivity index (χ2n) is 9.15. The first kappa shape index (κ1) is 22.1. The van der Waals surface area contributed by atoms with Crippen molar-refractivity contribution in [2.45, 2.75) is 50.7 Å². The van der Waals surface area contributed by atoms with Crippen LogP contribution in [0.4, 0.5) is 0 Å². The second kappa shape index (κ2) is 9.27. The minimum Gasteiger partial charge on any atom is -0.326 e. The number of pyridine rings is 1. The van der Waals surface area contributed by atoms with Crippen LogP contribution in [0.25, 0.3) is 16.9 Å². The van der Waals surface area contributed by atoms with E-state index in [9.17, 15) is 9.59 Å². The fourth-order valence-electron chi connectivity index (χ4n) is 4.79. The molecule has 0 radical (unpaired) electrons. The Morgan fingerprint density at radius 3 is 2.65 bits per heavy atom. The predicted octanol–water partition coefficient (Wildman–Crippen LogP) is 3.34. The minimum absolute atomic E-state index is 0.0317. The van der Waals surface area contributed by atoms with E-state index in [0.29, 0.717) is 29.4 Å². The molecule has 8 nitrogen and oxygen atoms in total. The Hall–Kier alpha value is -3.70. The van der Waals surface area contributed by atoms with E-state index >= 15 is 0 Å². The molecule has 3 heterocycles. The van der Waals surface area contributed by atoms with E-state index in [0.717, 1.165) is 30.5 Å². The fraction of sp³-hybridized carbons (Fsp3) is 0.385. The fourth-order valence-corrected chi connectivity index (χ4v) is 4.79. The largest absolute Gasteiger partial charge is 0.326 e. The number of aromatic nitrogens is 3. The minimum atomic E-state index is -0.229. The highest BCUT2D eigenvalue weighted by molar-refractivity contribution is 5.94. The highest BCUT2D eigenvalue weighted by atomic mass is 16.2. The number of hydrogen-bond donors (Lipinski definition) is 1. The lowest BCUT2D eigenvalue weighted by molar-refractivity contribution is 0.0206. The molecule has 5 rings (SSSR count). The molecule has 0 spiro atoms. The number of carbonyl (C=O) groups excluding carboxylic acids is 1. The van der Waals surface area contributed by atoms with Gasteiger partial charge in [-0.15, -0.1) is 0 Å². The van der Waals surface area contributed by atoms with Gasteiger partial charge < -0.3 is 4.90 Å². The summed E-state index contributed by atoms with van der Waals surface area (Å²) in [6.07, 6.45) is 9.58. The Morgan fingerprint density at radius 1 is 1.18 bits per heavy atom. The second-order valence-corrected chi connectivity index (χ2v) is 9.15. The van der Waals surface area contributed by atoms with Crippen LogP contribution < -0.4 is 5.56 Å². The van der Waals surface area contributed by atoms with E-state index in [-0.39, 0.29) is 17.6 Å². The number of H-pyrrole nitrogens is 1. The monoisotopic (exact) mass is 456 g/mol. The molecule has 1 amide bonds. The zero-order valence-corrected chi connectivity index (χ0v) is 19.3. The Kier molecular flexibility index (Phi) is 6.03. The molecule has 1 aromatic carbocycles. The summed E-state index contributed by atoms with van der Waals surface area (Å²) in [5.74, 6) is 0.497. The van der Waals surface area contributed by atoms with Gasteiger partial charge in [-0.2, -0.15) is 5.26 Å². The summed E-state index contributed by atoms with van der Waals surface area (Å²) in [7, 11) is 1.89. The quantitative estimate of drug-likeness (QED) is 0.614. The standard InChI is InChI=1S/C26H28N6O2/c1-30(24-4-2-3-15-31(24)21-10-11-21)26(34)20-9-12-23(28-16-20)32-17-22(25(33)29-32)19-7-5-18(6-8-19)13-14-27/h5-9,12,16-17,21,24H,2-4,10-11,13,15H2,1H3,(H,29,33). The molecule has 3 aromatic rings. The summed E-state index contributed by atoms with van der Waals surface area (Å²) < 4.78 is 1.56. The third kappa shape index (κ3) is 4.39. The number of nitrogens with one attached hydrogen (secondary N) is 1. The summed E-state index contributed by atoms with van der Waals surface area (Å²) >= 11 is 0. The molecule has 2 aromatic heterocycles. The number of nitriles is 1. The number of nitrogens with zero attached hydrogens (tertiary/aromatic N) is 5. The highest BCUT2D eigenvalue weighted by Crippen LogP contribution is 2.33. The van der Waals surface area contributed by atoms with Gasteiger partial charge in [0.2, 0.25) is 0 Å². The van der Waals surface area contributed by atoms with E-state index < -0.39 is 0 Å². The van der Waals surface area contributed by atoms with Crippen molar-refractivity contribution in [2.24, 2.45) is 0 Å². The molecule has 1 atom stereocenters. The van der Waals surface area contributed by atoms with Crippen LogP contribution in [0.5, 0.6) is 0 Å². The average Bonchev–Trinajstić information content (AvgIpc) is 3.65. The van der Waals surface area contributed by atoms with Crippen LogP contribution in [0.2, 0.25) is 0 Å². The number of rotatable bonds is 6. The molecule has 1 saturated carbocycles. The van der Waals surface area contributed by atoms with E-state index in [2.05, 4.69) is 21.1 Å². The van der Waals surface area contributed by atoms with Crippen LogP contribution in [0, 0.1) is 11.3 Å². The van der Waals surface area contributed by atoms with Gasteiger partial charge in [0.15, 0.2) is 5.82 Å². The lowest BCUT2D eigenvalue weighted by Crippen LogP contribution is -2.52. The summed E-state index contributed by atoms with van der Waals surface area (Å²) in [4.78, 5) is 34.5. The maximum Gasteiger partial charge on any atom is 0.272 e. The van der Waals surface area contributed by atoms with Crippen LogP contribution in [-0.2, 0) is 6.42 Å². The number of aromatic amines is 1. The van der Waals surface area contributed by atoms with E-state index in [4.69, 9.17) is 5.26 Å². The van der Waals surface area contributed by atoms with Gasteiger partial charge >= 0.3 is 0 Å². The van der Waals surface area contributed by atoms with Gasteiger partial charge in [-0.25, -0.2) is 9.67 Å². The van der Waals surface area contributed by atoms with Crippen LogP contribution in [0.3, 0.4) is 0 Å². The molecule has 8 heteroatoms. The summed E-state index contributed by atoms with van der Waals surface area (Å²) in [5.41, 5.74) is 2.50. The van der Waals surface area contributed by atoms with Gasteiger partial charge in [0.1, 0.15) is 0 Å². The maximum atomic E-state index is 13.2. The van der Waals surface area contributed by atoms with E-state index in [1.165, 1.54) is 19.3 Å². The van der Waals surface area contributed by atoms with Crippen LogP contribution in [0.1, 0.15) is 48.0 Å². The summed E-state index contributed by atoms with van der Waals surface area (Å²) in [6.45, 7) is 1.06. The molecule has 1 unspecified atom stereocenters. The Labute approximate surface area is 198 Å². The molecule has 2 fully saturated rings. The lowest BCUT2D eigenvalue weighted by atomic mass is 10.1. The Morgan fingerprint density at radius 2 is 1.97 bits per heavy atom. The van der Waals surface area contributed by atoms with Crippen molar-refractivity contribution in [1.82, 2.24) is 24.6 Å². The van der Waals surface area contributed by atoms with Gasteiger partial charge in [0.05, 0.1) is 29.8 Å². The summed E-state index contributed by atoms with van der Waals surface area (Å²) in [6, 6.07) is 13.6. The smallest absolute Gasteiger partial charge is 0.272 e. The number of piperidine rings is 1. The normalized spacial score (nSPS) is 18.4. The number of hydrogen-bond acceptors (Lipinski definition) is 5. The Balaban J connectivity index is 1.32. The number of amides is 1. The molecule has 1 saturated heterocycles. The zero-order valence-electron chi connectivity index (χ0n) is 19.3. The third-order valence-corrected chi connectivity index (χ3v) is 6.81. The van der Waals surface area contributed by atoms with E-state index in [1.54, 1.807) is 29.2 Å². The van der Waals surface area contributed by atoms with E-state index in [1.807, 2.05) is 36.2 Å². The van der Waals surface area contributed by atoms with Crippen molar-refractivity contribution in [3.63, 3.8) is 0 Å². The van der Waals surface area contributed by atoms with Gasteiger partial charge in [-0.3, -0.25) is 19.6 Å². The number of benzene rings is 1. The first-order valence-electron chi connectivity index (χ1n) is 11.8. The van der Waals surface area contributed by atoms with Crippen molar-refractivity contribution in [3.05, 3.63) is 70.3 Å². The van der Waals surface area contributed by atoms with Gasteiger partial charge in [-0.1, -0.05) is 24.3 Å². The maximum absolute atomic E-state index is 13.2. The van der Waals surface area contributed by atoms with Crippen molar-refractivity contribution in [1.29, 1.82) is 5.26 Å². The first-order chi connectivity index (χ1) is 16.5. The Bertz CT molecular complexity index is 1260. The lowest BCUT2D eigenvalue weighted by Gasteiger charge is -2.41. The van der Waals surface area contributed by atoms with Gasteiger partial charge in [0.25, 0.3) is 11.5 Å². The molecular formula is C26H28N6O2. The first-order valence-corrected chi connectivity index (χ1v) is 11.8. The van der Waals surface area contributed by atoms with Crippen LogP contribution in [0.15, 0.2) is 53.6 Å². The van der Waals surface area contributed by atoms with Crippen LogP contribution >= 0.6 is 0 Å². The van der Waals surface area contributed by atoms with Crippen molar-refractivity contribution in [2.75, 3.05) is 13.6 Å². The predicted molar refractivity (Wildman–Crippen MR) is 128 cm³/mol. The average molecular weight is 457 g/mol. The van der Waals surface area contributed by atoms with Crippen LogP contribution in [-0.4, -0.2) is 56.3 Å². The molecule has 2 aliphatic rings. The molecule has 34 heavy (non-hydrogen) atoms. The molecule has 1 aliphatic carbocycles. The molecular weight excluding hydrogens is 428 g/mol. The molecule has 1 aliphatic heterocycles. The highest BCUT2D eigenvalue weighted by Gasteiger charge is 2.38. The van der Waals surface area contributed by atoms with Gasteiger partial charge in [0, 0.05) is 32.0 Å².